The second-order valence-electron chi connectivity index (χ2n) is 4.64. The minimum Gasteiger partial charge on any atom is -0.481 e. The van der Waals surface area contributed by atoms with Crippen molar-refractivity contribution >= 4 is 12.0 Å². The highest BCUT2D eigenvalue weighted by Crippen LogP contribution is 2.21. The Morgan fingerprint density at radius 1 is 1.09 bits per heavy atom. The molecule has 23 heavy (non-hydrogen) atoms. The lowest BCUT2D eigenvalue weighted by Crippen LogP contribution is -1.99. The molecule has 3 aromatic rings. The number of pyridine rings is 1. The summed E-state index contributed by atoms with van der Waals surface area (Å²) in [6, 6.07) is 15.2. The zero-order valence-electron chi connectivity index (χ0n) is 12.5. The molecule has 1 N–H and O–H groups in total. The van der Waals surface area contributed by atoms with E-state index in [1.807, 2.05) is 42.5 Å². The molecule has 0 saturated heterocycles. The first kappa shape index (κ1) is 14.6. The quantitative estimate of drug-likeness (QED) is 0.579. The van der Waals surface area contributed by atoms with Crippen molar-refractivity contribution in [3.05, 3.63) is 66.5 Å². The molecule has 6 heteroatoms. The molecule has 2 heterocycles. The van der Waals surface area contributed by atoms with Crippen LogP contribution in [0.25, 0.3) is 11.4 Å². The summed E-state index contributed by atoms with van der Waals surface area (Å²) in [6.45, 7) is 0. The number of anilines is 1. The molecular formula is C17H15N5O. The van der Waals surface area contributed by atoms with Crippen molar-refractivity contribution in [2.75, 3.05) is 12.5 Å². The van der Waals surface area contributed by atoms with Gasteiger partial charge < -0.3 is 4.74 Å². The van der Waals surface area contributed by atoms with Crippen LogP contribution >= 0.6 is 0 Å². The standard InChI is InChI=1S/C17H15N5O/c1-23-16-10-15(22-19-12-13-6-5-9-18-11-13)20-17(21-16)14-7-3-2-4-8-14/h2-12H,1H3,(H,20,21,22). The fourth-order valence-electron chi connectivity index (χ4n) is 1.93. The van der Waals surface area contributed by atoms with E-state index in [4.69, 9.17) is 4.74 Å². The number of benzene rings is 1. The lowest BCUT2D eigenvalue weighted by molar-refractivity contribution is 0.398. The molecular weight excluding hydrogens is 290 g/mol. The largest absolute Gasteiger partial charge is 0.481 e. The first-order valence-electron chi connectivity index (χ1n) is 7.03. The number of nitrogens with zero attached hydrogens (tertiary/aromatic N) is 4. The molecule has 0 aliphatic carbocycles. The maximum atomic E-state index is 5.23. The summed E-state index contributed by atoms with van der Waals surface area (Å²) in [6.07, 6.45) is 5.11. The van der Waals surface area contributed by atoms with Crippen LogP contribution < -0.4 is 10.2 Å². The van der Waals surface area contributed by atoms with Gasteiger partial charge in [0, 0.05) is 29.6 Å². The molecule has 2 aromatic heterocycles. The molecule has 1 aromatic carbocycles. The normalized spacial score (nSPS) is 10.7. The van der Waals surface area contributed by atoms with Gasteiger partial charge in [0.1, 0.15) is 0 Å². The van der Waals surface area contributed by atoms with Gasteiger partial charge in [0.05, 0.1) is 13.3 Å². The molecule has 3 rings (SSSR count). The first-order valence-corrected chi connectivity index (χ1v) is 7.03. The van der Waals surface area contributed by atoms with Crippen LogP contribution in [-0.2, 0) is 0 Å². The third-order valence-electron chi connectivity index (χ3n) is 3.02. The van der Waals surface area contributed by atoms with Crippen LogP contribution in [0.2, 0.25) is 0 Å². The van der Waals surface area contributed by atoms with Gasteiger partial charge in [0.15, 0.2) is 11.6 Å². The van der Waals surface area contributed by atoms with Gasteiger partial charge in [-0.3, -0.25) is 10.4 Å². The summed E-state index contributed by atoms with van der Waals surface area (Å²) in [5, 5.41) is 4.16. The predicted octanol–water partition coefficient (Wildman–Crippen LogP) is 2.99. The maximum Gasteiger partial charge on any atom is 0.218 e. The highest BCUT2D eigenvalue weighted by Gasteiger charge is 2.06. The zero-order chi connectivity index (χ0) is 15.9. The Bertz CT molecular complexity index is 791. The fourth-order valence-corrected chi connectivity index (χ4v) is 1.93. The van der Waals surface area contributed by atoms with Gasteiger partial charge in [0.2, 0.25) is 5.88 Å². The smallest absolute Gasteiger partial charge is 0.218 e. The van der Waals surface area contributed by atoms with Gasteiger partial charge in [-0.05, 0) is 6.07 Å². The van der Waals surface area contributed by atoms with E-state index in [9.17, 15) is 0 Å². The summed E-state index contributed by atoms with van der Waals surface area (Å²) in [5.41, 5.74) is 4.69. The number of hydrogen-bond acceptors (Lipinski definition) is 6. The molecule has 0 fully saturated rings. The van der Waals surface area contributed by atoms with Crippen molar-refractivity contribution in [1.82, 2.24) is 15.0 Å². The molecule has 0 amide bonds. The average Bonchev–Trinajstić information content (AvgIpc) is 2.63. The lowest BCUT2D eigenvalue weighted by Gasteiger charge is -2.06. The molecule has 0 radical (unpaired) electrons. The van der Waals surface area contributed by atoms with E-state index in [0.29, 0.717) is 17.5 Å². The monoisotopic (exact) mass is 305 g/mol. The van der Waals surface area contributed by atoms with Crippen molar-refractivity contribution in [2.24, 2.45) is 5.10 Å². The van der Waals surface area contributed by atoms with Crippen LogP contribution in [0.3, 0.4) is 0 Å². The van der Waals surface area contributed by atoms with Crippen LogP contribution in [0.1, 0.15) is 5.56 Å². The van der Waals surface area contributed by atoms with E-state index in [1.165, 1.54) is 0 Å². The first-order chi connectivity index (χ1) is 11.3. The zero-order valence-corrected chi connectivity index (χ0v) is 12.5. The second-order valence-corrected chi connectivity index (χ2v) is 4.64. The van der Waals surface area contributed by atoms with Gasteiger partial charge in [0.25, 0.3) is 0 Å². The number of ether oxygens (including phenoxy) is 1. The van der Waals surface area contributed by atoms with Gasteiger partial charge in [-0.25, -0.2) is 4.98 Å². The molecule has 0 atom stereocenters. The third kappa shape index (κ3) is 3.88. The van der Waals surface area contributed by atoms with E-state index >= 15 is 0 Å². The minimum absolute atomic E-state index is 0.470. The van der Waals surface area contributed by atoms with Gasteiger partial charge in [-0.15, -0.1) is 0 Å². The molecule has 0 bridgehead atoms. The molecule has 0 spiro atoms. The van der Waals surface area contributed by atoms with Crippen molar-refractivity contribution in [3.63, 3.8) is 0 Å². The summed E-state index contributed by atoms with van der Waals surface area (Å²) in [4.78, 5) is 12.8. The SMILES string of the molecule is COc1cc(NN=Cc2cccnc2)nc(-c2ccccc2)n1. The minimum atomic E-state index is 0.470. The number of hydrazone groups is 1. The van der Waals surface area contributed by atoms with Crippen molar-refractivity contribution in [1.29, 1.82) is 0 Å². The highest BCUT2D eigenvalue weighted by atomic mass is 16.5. The van der Waals surface area contributed by atoms with Crippen molar-refractivity contribution in [2.45, 2.75) is 0 Å². The molecule has 0 unspecified atom stereocenters. The Labute approximate surface area is 133 Å². The lowest BCUT2D eigenvalue weighted by atomic mass is 10.2. The molecule has 0 aliphatic heterocycles. The molecule has 114 valence electrons. The van der Waals surface area contributed by atoms with Crippen LogP contribution in [0, 0.1) is 0 Å². The van der Waals surface area contributed by atoms with Crippen molar-refractivity contribution < 1.29 is 4.74 Å². The van der Waals surface area contributed by atoms with Crippen LogP contribution in [0.4, 0.5) is 5.82 Å². The van der Waals surface area contributed by atoms with Gasteiger partial charge in [-0.1, -0.05) is 36.4 Å². The topological polar surface area (TPSA) is 72.3 Å². The number of methoxy groups -OCH3 is 1. The Balaban J connectivity index is 1.83. The van der Waals surface area contributed by atoms with E-state index in [1.54, 1.807) is 31.8 Å². The summed E-state index contributed by atoms with van der Waals surface area (Å²) < 4.78 is 5.23. The summed E-state index contributed by atoms with van der Waals surface area (Å²) in [5.74, 6) is 1.60. The number of hydrogen-bond donors (Lipinski definition) is 1. The number of nitrogens with one attached hydrogen (secondary N) is 1. The Hall–Kier alpha value is -3.28. The van der Waals surface area contributed by atoms with E-state index < -0.39 is 0 Å². The maximum absolute atomic E-state index is 5.23. The van der Waals surface area contributed by atoms with Crippen LogP contribution in [0.5, 0.6) is 5.88 Å². The Kier molecular flexibility index (Phi) is 4.54. The van der Waals surface area contributed by atoms with E-state index in [-0.39, 0.29) is 0 Å². The Morgan fingerprint density at radius 2 is 1.96 bits per heavy atom. The highest BCUT2D eigenvalue weighted by molar-refractivity contribution is 5.79. The summed E-state index contributed by atoms with van der Waals surface area (Å²) in [7, 11) is 1.57. The van der Waals surface area contributed by atoms with Gasteiger partial charge >= 0.3 is 0 Å². The van der Waals surface area contributed by atoms with Crippen molar-refractivity contribution in [3.8, 4) is 17.3 Å². The van der Waals surface area contributed by atoms with E-state index in [0.717, 1.165) is 11.1 Å². The summed E-state index contributed by atoms with van der Waals surface area (Å²) >= 11 is 0. The molecule has 6 nitrogen and oxygen atoms in total. The van der Waals surface area contributed by atoms with Gasteiger partial charge in [-0.2, -0.15) is 10.1 Å². The molecule has 0 saturated carbocycles. The average molecular weight is 305 g/mol. The number of aromatic nitrogens is 3. The van der Waals surface area contributed by atoms with Crippen LogP contribution in [0.15, 0.2) is 66.0 Å². The molecule has 0 aliphatic rings. The number of rotatable bonds is 5. The fraction of sp³-hybridized carbons (Fsp3) is 0.0588. The Morgan fingerprint density at radius 3 is 2.70 bits per heavy atom. The van der Waals surface area contributed by atoms with Crippen LogP contribution in [-0.4, -0.2) is 28.3 Å². The van der Waals surface area contributed by atoms with E-state index in [2.05, 4.69) is 25.5 Å². The second kappa shape index (κ2) is 7.13. The third-order valence-corrected chi connectivity index (χ3v) is 3.02. The predicted molar refractivity (Wildman–Crippen MR) is 89.5 cm³/mol.